The Morgan fingerprint density at radius 1 is 1.38 bits per heavy atom. The van der Waals surface area contributed by atoms with Crippen molar-refractivity contribution in [2.45, 2.75) is 13.5 Å². The molecule has 6 heteroatoms. The Balaban J connectivity index is 2.29. The van der Waals surface area contributed by atoms with Gasteiger partial charge in [-0.25, -0.2) is 4.79 Å². The van der Waals surface area contributed by atoms with Gasteiger partial charge in [0.15, 0.2) is 0 Å². The monoisotopic (exact) mass is 291 g/mol. The fourth-order valence-electron chi connectivity index (χ4n) is 2.25. The van der Waals surface area contributed by atoms with Crippen LogP contribution < -0.4 is 5.63 Å². The van der Waals surface area contributed by atoms with Crippen molar-refractivity contribution < 1.29 is 19.4 Å². The number of aliphatic carboxylic acids is 1. The highest BCUT2D eigenvalue weighted by Crippen LogP contribution is 2.22. The van der Waals surface area contributed by atoms with Crippen LogP contribution in [0.15, 0.2) is 33.5 Å². The number of rotatable bonds is 5. The van der Waals surface area contributed by atoms with E-state index in [-0.39, 0.29) is 5.75 Å². The molecule has 0 aliphatic carbocycles. The predicted molar refractivity (Wildman–Crippen MR) is 77.3 cm³/mol. The molecule has 0 bridgehead atoms. The van der Waals surface area contributed by atoms with Gasteiger partial charge in [0.2, 0.25) is 0 Å². The molecule has 112 valence electrons. The van der Waals surface area contributed by atoms with Crippen LogP contribution in [0.2, 0.25) is 0 Å². The molecule has 21 heavy (non-hydrogen) atoms. The second-order valence-electron chi connectivity index (χ2n) is 5.21. The van der Waals surface area contributed by atoms with E-state index in [1.54, 1.807) is 20.0 Å². The first kappa shape index (κ1) is 15.1. The van der Waals surface area contributed by atoms with E-state index in [0.717, 1.165) is 10.9 Å². The molecule has 0 saturated carbocycles. The third kappa shape index (κ3) is 3.61. The number of phenols is 1. The normalized spacial score (nSPS) is 12.7. The molecule has 0 spiro atoms. The Hall–Kier alpha value is -2.34. The molecule has 2 rings (SSSR count). The zero-order chi connectivity index (χ0) is 15.6. The van der Waals surface area contributed by atoms with Gasteiger partial charge in [-0.05, 0) is 24.7 Å². The van der Waals surface area contributed by atoms with Crippen molar-refractivity contribution >= 4 is 16.9 Å². The van der Waals surface area contributed by atoms with Crippen molar-refractivity contribution in [3.8, 4) is 5.75 Å². The molecule has 0 amide bonds. The van der Waals surface area contributed by atoms with Gasteiger partial charge >= 0.3 is 11.6 Å². The summed E-state index contributed by atoms with van der Waals surface area (Å²) < 4.78 is 5.06. The van der Waals surface area contributed by atoms with Crippen molar-refractivity contribution in [3.63, 3.8) is 0 Å². The topological polar surface area (TPSA) is 91.0 Å². The zero-order valence-corrected chi connectivity index (χ0v) is 11.9. The van der Waals surface area contributed by atoms with E-state index in [1.807, 2.05) is 4.90 Å². The van der Waals surface area contributed by atoms with E-state index < -0.39 is 17.5 Å². The standard InChI is InChI=1S/C15H17NO5/c1-9(15(19)20)7-16(2)8-10-5-14(18)21-13-6-11(17)3-4-12(10)13/h3-6,9,17H,7-8H2,1-2H3,(H,19,20). The zero-order valence-electron chi connectivity index (χ0n) is 11.9. The lowest BCUT2D eigenvalue weighted by Gasteiger charge is -2.19. The Morgan fingerprint density at radius 3 is 2.76 bits per heavy atom. The van der Waals surface area contributed by atoms with E-state index in [4.69, 9.17) is 9.52 Å². The molecule has 1 aromatic carbocycles. The lowest BCUT2D eigenvalue weighted by Crippen LogP contribution is -2.28. The maximum Gasteiger partial charge on any atom is 0.336 e. The molecule has 1 unspecified atom stereocenters. The number of carboxylic acid groups (broad SMARTS) is 1. The molecular weight excluding hydrogens is 274 g/mol. The first-order chi connectivity index (χ1) is 9.86. The SMILES string of the molecule is CC(CN(C)Cc1cc(=O)oc2cc(O)ccc12)C(=O)O. The molecule has 0 fully saturated rings. The number of benzene rings is 1. The summed E-state index contributed by atoms with van der Waals surface area (Å²) in [6, 6.07) is 5.98. The molecular formula is C15H17NO5. The van der Waals surface area contributed by atoms with Gasteiger partial charge in [0.25, 0.3) is 0 Å². The van der Waals surface area contributed by atoms with Gasteiger partial charge in [0.1, 0.15) is 11.3 Å². The summed E-state index contributed by atoms with van der Waals surface area (Å²) in [5.41, 5.74) is 0.557. The van der Waals surface area contributed by atoms with Gasteiger partial charge in [-0.1, -0.05) is 6.92 Å². The van der Waals surface area contributed by atoms with Crippen LogP contribution in [0.25, 0.3) is 11.0 Å². The molecule has 1 aromatic heterocycles. The highest BCUT2D eigenvalue weighted by molar-refractivity contribution is 5.81. The largest absolute Gasteiger partial charge is 0.508 e. The summed E-state index contributed by atoms with van der Waals surface area (Å²) in [5, 5.41) is 19.1. The molecule has 0 radical (unpaired) electrons. The van der Waals surface area contributed by atoms with Crippen LogP contribution in [0, 0.1) is 5.92 Å². The van der Waals surface area contributed by atoms with Gasteiger partial charge in [0.05, 0.1) is 5.92 Å². The summed E-state index contributed by atoms with van der Waals surface area (Å²) in [6.45, 7) is 2.42. The second kappa shape index (κ2) is 5.97. The van der Waals surface area contributed by atoms with Gasteiger partial charge < -0.3 is 19.5 Å². The van der Waals surface area contributed by atoms with E-state index in [2.05, 4.69) is 0 Å². The number of phenolic OH excluding ortho intramolecular Hbond substituents is 1. The molecule has 0 saturated heterocycles. The maximum absolute atomic E-state index is 11.6. The van der Waals surface area contributed by atoms with E-state index in [0.29, 0.717) is 18.7 Å². The number of carboxylic acids is 1. The number of hydrogen-bond donors (Lipinski definition) is 2. The summed E-state index contributed by atoms with van der Waals surface area (Å²) in [5.74, 6) is -1.33. The average Bonchev–Trinajstić information content (AvgIpc) is 2.37. The third-order valence-electron chi connectivity index (χ3n) is 3.26. The van der Waals surface area contributed by atoms with Crippen LogP contribution in [0.3, 0.4) is 0 Å². The third-order valence-corrected chi connectivity index (χ3v) is 3.26. The predicted octanol–water partition coefficient (Wildman–Crippen LogP) is 1.65. The van der Waals surface area contributed by atoms with Crippen LogP contribution in [0.4, 0.5) is 0 Å². The Bertz CT molecular complexity index is 722. The number of carbonyl (C=O) groups is 1. The van der Waals surface area contributed by atoms with Crippen LogP contribution in [0.1, 0.15) is 12.5 Å². The first-order valence-corrected chi connectivity index (χ1v) is 6.54. The Labute approximate surface area is 121 Å². The fourth-order valence-corrected chi connectivity index (χ4v) is 2.25. The lowest BCUT2D eigenvalue weighted by molar-refractivity contribution is -0.141. The Kier molecular flexibility index (Phi) is 4.28. The summed E-state index contributed by atoms with van der Waals surface area (Å²) in [4.78, 5) is 24.3. The van der Waals surface area contributed by atoms with Crippen molar-refractivity contribution in [1.29, 1.82) is 0 Å². The van der Waals surface area contributed by atoms with Crippen LogP contribution in [-0.2, 0) is 11.3 Å². The molecule has 2 aromatic rings. The lowest BCUT2D eigenvalue weighted by atomic mass is 10.1. The number of fused-ring (bicyclic) bond motifs is 1. The minimum absolute atomic E-state index is 0.0238. The molecule has 1 heterocycles. The van der Waals surface area contributed by atoms with E-state index in [1.165, 1.54) is 18.2 Å². The first-order valence-electron chi connectivity index (χ1n) is 6.54. The smallest absolute Gasteiger partial charge is 0.336 e. The number of nitrogens with zero attached hydrogens (tertiary/aromatic N) is 1. The second-order valence-corrected chi connectivity index (χ2v) is 5.21. The molecule has 1 atom stereocenters. The highest BCUT2D eigenvalue weighted by atomic mass is 16.4. The Morgan fingerprint density at radius 2 is 2.10 bits per heavy atom. The van der Waals surface area contributed by atoms with Crippen molar-refractivity contribution in [1.82, 2.24) is 4.90 Å². The van der Waals surface area contributed by atoms with Crippen LogP contribution in [-0.4, -0.2) is 34.7 Å². The molecule has 6 nitrogen and oxygen atoms in total. The minimum atomic E-state index is -0.857. The maximum atomic E-state index is 11.6. The van der Waals surface area contributed by atoms with Gasteiger partial charge in [0, 0.05) is 30.6 Å². The minimum Gasteiger partial charge on any atom is -0.508 e. The average molecular weight is 291 g/mol. The number of aromatic hydroxyl groups is 1. The van der Waals surface area contributed by atoms with Crippen molar-refractivity contribution in [2.75, 3.05) is 13.6 Å². The van der Waals surface area contributed by atoms with Crippen LogP contribution in [0.5, 0.6) is 5.75 Å². The molecule has 0 aliphatic heterocycles. The van der Waals surface area contributed by atoms with E-state index >= 15 is 0 Å². The molecule has 0 aliphatic rings. The van der Waals surface area contributed by atoms with Gasteiger partial charge in [-0.2, -0.15) is 0 Å². The fraction of sp³-hybridized carbons (Fsp3) is 0.333. The highest BCUT2D eigenvalue weighted by Gasteiger charge is 2.15. The molecule has 2 N–H and O–H groups in total. The summed E-state index contributed by atoms with van der Waals surface area (Å²) in [6.07, 6.45) is 0. The number of hydrogen-bond acceptors (Lipinski definition) is 5. The van der Waals surface area contributed by atoms with Crippen molar-refractivity contribution in [2.24, 2.45) is 5.92 Å². The summed E-state index contributed by atoms with van der Waals surface area (Å²) >= 11 is 0. The van der Waals surface area contributed by atoms with Crippen LogP contribution >= 0.6 is 0 Å². The summed E-state index contributed by atoms with van der Waals surface area (Å²) in [7, 11) is 1.79. The van der Waals surface area contributed by atoms with Crippen molar-refractivity contribution in [3.05, 3.63) is 40.2 Å². The quantitative estimate of drug-likeness (QED) is 0.814. The van der Waals surface area contributed by atoms with E-state index in [9.17, 15) is 14.7 Å². The van der Waals surface area contributed by atoms with Gasteiger partial charge in [-0.3, -0.25) is 4.79 Å². The van der Waals surface area contributed by atoms with Gasteiger partial charge in [-0.15, -0.1) is 0 Å².